The van der Waals surface area contributed by atoms with E-state index in [1.54, 1.807) is 30.3 Å². The van der Waals surface area contributed by atoms with E-state index in [1.165, 1.54) is 14.2 Å². The van der Waals surface area contributed by atoms with Gasteiger partial charge >= 0.3 is 11.9 Å². The maximum absolute atomic E-state index is 12.0. The number of halogens is 1. The van der Waals surface area contributed by atoms with Crippen molar-refractivity contribution in [3.8, 4) is 11.1 Å². The first kappa shape index (κ1) is 16.2. The van der Waals surface area contributed by atoms with E-state index in [0.717, 1.165) is 16.7 Å². The van der Waals surface area contributed by atoms with Crippen molar-refractivity contribution in [3.05, 3.63) is 59.2 Å². The van der Waals surface area contributed by atoms with Gasteiger partial charge in [-0.1, -0.05) is 40.2 Å². The Morgan fingerprint density at radius 2 is 1.59 bits per heavy atom. The number of benzene rings is 2. The number of alkyl halides is 1. The summed E-state index contributed by atoms with van der Waals surface area (Å²) in [6, 6.07) is 12.5. The predicted octanol–water partition coefficient (Wildman–Crippen LogP) is 3.82. The largest absolute Gasteiger partial charge is 0.465 e. The third kappa shape index (κ3) is 3.36. The molecule has 0 unspecified atom stereocenters. The van der Waals surface area contributed by atoms with Gasteiger partial charge in [0.25, 0.3) is 0 Å². The van der Waals surface area contributed by atoms with Gasteiger partial charge < -0.3 is 9.47 Å². The van der Waals surface area contributed by atoms with Crippen molar-refractivity contribution in [2.24, 2.45) is 0 Å². The lowest BCUT2D eigenvalue weighted by Crippen LogP contribution is -2.05. The smallest absolute Gasteiger partial charge is 0.338 e. The Hall–Kier alpha value is -2.14. The van der Waals surface area contributed by atoms with Gasteiger partial charge in [0, 0.05) is 5.33 Å². The minimum atomic E-state index is -0.394. The lowest BCUT2D eigenvalue weighted by molar-refractivity contribution is 0.0592. The highest BCUT2D eigenvalue weighted by atomic mass is 79.9. The summed E-state index contributed by atoms with van der Waals surface area (Å²) in [6.45, 7) is 0. The van der Waals surface area contributed by atoms with Crippen LogP contribution in [0.3, 0.4) is 0 Å². The van der Waals surface area contributed by atoms with Crippen LogP contribution in [0.1, 0.15) is 26.3 Å². The SMILES string of the molecule is COC(=O)c1ccc(-c2ccc(CBr)cc2C(=O)OC)cc1. The van der Waals surface area contributed by atoms with Gasteiger partial charge in [0.15, 0.2) is 0 Å². The molecule has 0 radical (unpaired) electrons. The van der Waals surface area contributed by atoms with Crippen molar-refractivity contribution in [1.29, 1.82) is 0 Å². The predicted molar refractivity (Wildman–Crippen MR) is 87.2 cm³/mol. The van der Waals surface area contributed by atoms with Gasteiger partial charge in [-0.15, -0.1) is 0 Å². The summed E-state index contributed by atoms with van der Waals surface area (Å²) < 4.78 is 9.52. The summed E-state index contributed by atoms with van der Waals surface area (Å²) in [5, 5.41) is 0.651. The van der Waals surface area contributed by atoms with E-state index >= 15 is 0 Å². The van der Waals surface area contributed by atoms with E-state index < -0.39 is 11.9 Å². The van der Waals surface area contributed by atoms with E-state index in [0.29, 0.717) is 16.5 Å². The molecule has 2 aromatic rings. The zero-order valence-corrected chi connectivity index (χ0v) is 13.8. The zero-order chi connectivity index (χ0) is 16.1. The molecule has 2 rings (SSSR count). The van der Waals surface area contributed by atoms with Crippen molar-refractivity contribution < 1.29 is 19.1 Å². The fourth-order valence-electron chi connectivity index (χ4n) is 2.11. The van der Waals surface area contributed by atoms with E-state index in [9.17, 15) is 9.59 Å². The van der Waals surface area contributed by atoms with E-state index in [1.807, 2.05) is 12.1 Å². The summed E-state index contributed by atoms with van der Waals surface area (Å²) >= 11 is 3.37. The van der Waals surface area contributed by atoms with Crippen LogP contribution in [0.15, 0.2) is 42.5 Å². The topological polar surface area (TPSA) is 52.6 Å². The Morgan fingerprint density at radius 1 is 0.955 bits per heavy atom. The monoisotopic (exact) mass is 362 g/mol. The fraction of sp³-hybridized carbons (Fsp3) is 0.176. The quantitative estimate of drug-likeness (QED) is 0.612. The fourth-order valence-corrected chi connectivity index (χ4v) is 2.46. The first-order chi connectivity index (χ1) is 10.6. The molecule has 22 heavy (non-hydrogen) atoms. The molecule has 0 atom stereocenters. The highest BCUT2D eigenvalue weighted by molar-refractivity contribution is 9.08. The summed E-state index contributed by atoms with van der Waals surface area (Å²) in [7, 11) is 2.69. The van der Waals surface area contributed by atoms with Gasteiger partial charge in [-0.2, -0.15) is 0 Å². The molecular formula is C17H15BrO4. The van der Waals surface area contributed by atoms with Crippen molar-refractivity contribution in [3.63, 3.8) is 0 Å². The van der Waals surface area contributed by atoms with Gasteiger partial charge in [-0.05, 0) is 34.9 Å². The molecule has 0 amide bonds. The van der Waals surface area contributed by atoms with Crippen LogP contribution in [0.5, 0.6) is 0 Å². The van der Waals surface area contributed by atoms with Crippen molar-refractivity contribution >= 4 is 27.9 Å². The summed E-state index contributed by atoms with van der Waals surface area (Å²) in [5.41, 5.74) is 3.52. The molecule has 0 N–H and O–H groups in total. The molecule has 0 aromatic heterocycles. The molecule has 0 bridgehead atoms. The van der Waals surface area contributed by atoms with Crippen LogP contribution < -0.4 is 0 Å². The van der Waals surface area contributed by atoms with Crippen molar-refractivity contribution in [2.45, 2.75) is 5.33 Å². The van der Waals surface area contributed by atoms with E-state index in [4.69, 9.17) is 4.74 Å². The van der Waals surface area contributed by atoms with Crippen LogP contribution in [-0.2, 0) is 14.8 Å². The van der Waals surface area contributed by atoms with E-state index in [-0.39, 0.29) is 0 Å². The highest BCUT2D eigenvalue weighted by Gasteiger charge is 2.15. The molecule has 0 heterocycles. The average molecular weight is 363 g/mol. The third-order valence-corrected chi connectivity index (χ3v) is 3.91. The number of rotatable bonds is 4. The van der Waals surface area contributed by atoms with Crippen molar-refractivity contribution in [1.82, 2.24) is 0 Å². The average Bonchev–Trinajstić information content (AvgIpc) is 2.59. The second kappa shape index (κ2) is 7.22. The van der Waals surface area contributed by atoms with Gasteiger partial charge in [0.05, 0.1) is 25.3 Å². The van der Waals surface area contributed by atoms with Crippen LogP contribution >= 0.6 is 15.9 Å². The van der Waals surface area contributed by atoms with E-state index in [2.05, 4.69) is 20.7 Å². The number of ether oxygens (including phenoxy) is 2. The molecular weight excluding hydrogens is 348 g/mol. The Kier molecular flexibility index (Phi) is 5.33. The number of hydrogen-bond donors (Lipinski definition) is 0. The third-order valence-electron chi connectivity index (χ3n) is 3.26. The Balaban J connectivity index is 2.47. The molecule has 114 valence electrons. The van der Waals surface area contributed by atoms with Crippen molar-refractivity contribution in [2.75, 3.05) is 14.2 Å². The number of methoxy groups -OCH3 is 2. The van der Waals surface area contributed by atoms with Gasteiger partial charge in [0.2, 0.25) is 0 Å². The molecule has 0 saturated carbocycles. The summed E-state index contributed by atoms with van der Waals surface area (Å²) in [6.07, 6.45) is 0. The number of carbonyl (C=O) groups is 2. The van der Waals surface area contributed by atoms with Gasteiger partial charge in [-0.25, -0.2) is 9.59 Å². The Labute approximate surface area is 137 Å². The van der Waals surface area contributed by atoms with Crippen LogP contribution in [0.4, 0.5) is 0 Å². The van der Waals surface area contributed by atoms with Crippen LogP contribution in [0, 0.1) is 0 Å². The van der Waals surface area contributed by atoms with Gasteiger partial charge in [0.1, 0.15) is 0 Å². The minimum Gasteiger partial charge on any atom is -0.465 e. The normalized spacial score (nSPS) is 10.1. The lowest BCUT2D eigenvalue weighted by Gasteiger charge is -2.10. The molecule has 4 nitrogen and oxygen atoms in total. The minimum absolute atomic E-state index is 0.394. The summed E-state index contributed by atoms with van der Waals surface area (Å²) in [5.74, 6) is -0.788. The maximum atomic E-state index is 12.0. The molecule has 0 saturated heterocycles. The molecule has 5 heteroatoms. The first-order valence-electron chi connectivity index (χ1n) is 6.56. The Bertz CT molecular complexity index is 692. The Morgan fingerprint density at radius 3 is 2.14 bits per heavy atom. The van der Waals surface area contributed by atoms with Crippen LogP contribution in [-0.4, -0.2) is 26.2 Å². The molecule has 2 aromatic carbocycles. The maximum Gasteiger partial charge on any atom is 0.338 e. The number of hydrogen-bond acceptors (Lipinski definition) is 4. The molecule has 0 aliphatic rings. The molecule has 0 aliphatic carbocycles. The highest BCUT2D eigenvalue weighted by Crippen LogP contribution is 2.26. The molecule has 0 fully saturated rings. The van der Waals surface area contributed by atoms with Crippen LogP contribution in [0.25, 0.3) is 11.1 Å². The summed E-state index contributed by atoms with van der Waals surface area (Å²) in [4.78, 5) is 23.5. The number of esters is 2. The zero-order valence-electron chi connectivity index (χ0n) is 12.3. The second-order valence-corrected chi connectivity index (χ2v) is 5.13. The van der Waals surface area contributed by atoms with Crippen LogP contribution in [0.2, 0.25) is 0 Å². The lowest BCUT2D eigenvalue weighted by atomic mass is 9.97. The number of carbonyl (C=O) groups excluding carboxylic acids is 2. The second-order valence-electron chi connectivity index (χ2n) is 4.57. The molecule has 0 aliphatic heterocycles. The molecule has 0 spiro atoms. The first-order valence-corrected chi connectivity index (χ1v) is 7.68. The standard InChI is InChI=1S/C17H15BrO4/c1-21-16(19)13-6-4-12(5-7-13)14-8-3-11(10-18)9-15(14)17(20)22-2/h3-9H,10H2,1-2H3. The van der Waals surface area contributed by atoms with Gasteiger partial charge in [-0.3, -0.25) is 0 Å².